The number of carbonyl (C=O) groups excluding carboxylic acids is 1. The van der Waals surface area contributed by atoms with Gasteiger partial charge in [0.1, 0.15) is 23.3 Å². The largest absolute Gasteiger partial charge is 0.475 e. The van der Waals surface area contributed by atoms with Crippen molar-refractivity contribution in [2.75, 3.05) is 6.61 Å². The van der Waals surface area contributed by atoms with Crippen LogP contribution in [0.25, 0.3) is 0 Å². The maximum atomic E-state index is 14.6. The van der Waals surface area contributed by atoms with E-state index < -0.39 is 41.4 Å². The summed E-state index contributed by atoms with van der Waals surface area (Å²) < 4.78 is 41.4. The van der Waals surface area contributed by atoms with E-state index in [1.807, 2.05) is 13.8 Å². The van der Waals surface area contributed by atoms with Gasteiger partial charge in [0.15, 0.2) is 0 Å². The van der Waals surface area contributed by atoms with Crippen molar-refractivity contribution in [2.24, 2.45) is 7.05 Å². The first-order valence-electron chi connectivity index (χ1n) is 12.0. The summed E-state index contributed by atoms with van der Waals surface area (Å²) in [4.78, 5) is 30.2. The van der Waals surface area contributed by atoms with Crippen LogP contribution in [0.3, 0.4) is 0 Å². The molecule has 1 aromatic heterocycles. The topological polar surface area (TPSA) is 106 Å². The van der Waals surface area contributed by atoms with Gasteiger partial charge in [0, 0.05) is 31.7 Å². The Kier molecular flexibility index (Phi) is 8.35. The Labute approximate surface area is 209 Å². The molecule has 1 fully saturated rings. The summed E-state index contributed by atoms with van der Waals surface area (Å²) in [6, 6.07) is 2.28. The average Bonchev–Trinajstić information content (AvgIpc) is 3.35. The van der Waals surface area contributed by atoms with Crippen LogP contribution in [0.1, 0.15) is 74.7 Å². The minimum atomic E-state index is -1.09. The second kappa shape index (κ2) is 10.9. The zero-order chi connectivity index (χ0) is 26.8. The molecular formula is C25H34F2N4O5. The third-order valence-electron chi connectivity index (χ3n) is 6.04. The lowest BCUT2D eigenvalue weighted by Crippen LogP contribution is -2.52. The van der Waals surface area contributed by atoms with Gasteiger partial charge in [-0.3, -0.25) is 4.90 Å². The van der Waals surface area contributed by atoms with Crippen molar-refractivity contribution in [2.45, 2.75) is 77.9 Å². The van der Waals surface area contributed by atoms with Crippen molar-refractivity contribution in [1.82, 2.24) is 19.8 Å². The molecule has 36 heavy (non-hydrogen) atoms. The van der Waals surface area contributed by atoms with Crippen LogP contribution in [0.4, 0.5) is 13.6 Å². The SMILES string of the molecule is CC.Cn1c(C(=O)O)nc2c1CN(C1CO[C@H](c3cc(F)ccc3F)C(NC(=O)OC(C)(C)C)C1)C2. The second-order valence-corrected chi connectivity index (χ2v) is 9.66. The van der Waals surface area contributed by atoms with Gasteiger partial charge in [0.05, 0.1) is 24.0 Å². The summed E-state index contributed by atoms with van der Waals surface area (Å²) in [7, 11) is 1.66. The van der Waals surface area contributed by atoms with E-state index in [4.69, 9.17) is 9.47 Å². The van der Waals surface area contributed by atoms with Crippen molar-refractivity contribution in [3.05, 3.63) is 52.6 Å². The van der Waals surface area contributed by atoms with Gasteiger partial charge in [-0.15, -0.1) is 0 Å². The number of halogens is 2. The molecule has 198 valence electrons. The zero-order valence-corrected chi connectivity index (χ0v) is 21.5. The highest BCUT2D eigenvalue weighted by atomic mass is 19.1. The minimum absolute atomic E-state index is 0.0179. The zero-order valence-electron chi connectivity index (χ0n) is 21.5. The van der Waals surface area contributed by atoms with Crippen LogP contribution in [-0.4, -0.2) is 55.9 Å². The van der Waals surface area contributed by atoms with E-state index in [1.54, 1.807) is 32.4 Å². The molecule has 9 nitrogen and oxygen atoms in total. The highest BCUT2D eigenvalue weighted by Crippen LogP contribution is 2.35. The number of hydrogen-bond acceptors (Lipinski definition) is 6. The first-order chi connectivity index (χ1) is 16.9. The molecule has 0 radical (unpaired) electrons. The number of benzene rings is 1. The van der Waals surface area contributed by atoms with Gasteiger partial charge in [-0.2, -0.15) is 0 Å². The number of alkyl carbamates (subject to hydrolysis) is 1. The number of ether oxygens (including phenoxy) is 2. The highest BCUT2D eigenvalue weighted by Gasteiger charge is 2.40. The molecule has 0 aliphatic carbocycles. The number of fused-ring (bicyclic) bond motifs is 1. The number of carboxylic acid groups (broad SMARTS) is 1. The van der Waals surface area contributed by atoms with Crippen LogP contribution in [0, 0.1) is 11.6 Å². The summed E-state index contributed by atoms with van der Waals surface area (Å²) in [5.41, 5.74) is 0.766. The number of aromatic carboxylic acids is 1. The first-order valence-corrected chi connectivity index (χ1v) is 12.0. The molecule has 2 N–H and O–H groups in total. The number of carboxylic acids is 1. The van der Waals surface area contributed by atoms with Gasteiger partial charge in [-0.1, -0.05) is 13.8 Å². The van der Waals surface area contributed by atoms with Crippen molar-refractivity contribution < 1.29 is 33.0 Å². The normalized spacial score (nSPS) is 21.8. The Morgan fingerprint density at radius 2 is 1.92 bits per heavy atom. The predicted molar refractivity (Wildman–Crippen MR) is 127 cm³/mol. The second-order valence-electron chi connectivity index (χ2n) is 9.66. The Morgan fingerprint density at radius 3 is 2.53 bits per heavy atom. The number of carbonyl (C=O) groups is 2. The van der Waals surface area contributed by atoms with E-state index >= 15 is 0 Å². The molecule has 2 aromatic rings. The van der Waals surface area contributed by atoms with E-state index in [0.29, 0.717) is 25.2 Å². The lowest BCUT2D eigenvalue weighted by molar-refractivity contribution is -0.0630. The van der Waals surface area contributed by atoms with E-state index in [9.17, 15) is 23.5 Å². The molecule has 11 heteroatoms. The molecule has 0 bridgehead atoms. The smallest absolute Gasteiger partial charge is 0.407 e. The van der Waals surface area contributed by atoms with Crippen LogP contribution in [0.15, 0.2) is 18.2 Å². The number of aromatic nitrogens is 2. The monoisotopic (exact) mass is 508 g/mol. The Bertz CT molecular complexity index is 1110. The molecule has 0 spiro atoms. The van der Waals surface area contributed by atoms with E-state index in [0.717, 1.165) is 23.9 Å². The summed E-state index contributed by atoms with van der Waals surface area (Å²) in [6.07, 6.45) is -1.19. The van der Waals surface area contributed by atoms with E-state index in [-0.39, 0.29) is 24.0 Å². The lowest BCUT2D eigenvalue weighted by atomic mass is 9.92. The standard InChI is InChI=1S/C23H28F2N4O5.C2H6/c1-23(2,3)34-22(32)27-16-8-13(11-33-19(16)14-7-12(24)5-6-15(14)25)29-9-17-18(10-29)28(4)20(26-17)21(30)31;1-2/h5-7,13,16,19H,8-11H2,1-4H3,(H,27,32)(H,30,31);1-2H3/t13?,16?,19-;/m1./s1. The molecule has 3 atom stereocenters. The minimum Gasteiger partial charge on any atom is -0.475 e. The van der Waals surface area contributed by atoms with Gasteiger partial charge in [-0.25, -0.2) is 23.4 Å². The van der Waals surface area contributed by atoms with Crippen molar-refractivity contribution in [3.63, 3.8) is 0 Å². The Hall–Kier alpha value is -3.05. The van der Waals surface area contributed by atoms with Crippen molar-refractivity contribution in [1.29, 1.82) is 0 Å². The average molecular weight is 509 g/mol. The van der Waals surface area contributed by atoms with Gasteiger partial charge >= 0.3 is 12.1 Å². The van der Waals surface area contributed by atoms with Crippen LogP contribution >= 0.6 is 0 Å². The van der Waals surface area contributed by atoms with Gasteiger partial charge < -0.3 is 24.5 Å². The van der Waals surface area contributed by atoms with Crippen LogP contribution in [0.2, 0.25) is 0 Å². The summed E-state index contributed by atoms with van der Waals surface area (Å²) in [5.74, 6) is -2.34. The Balaban J connectivity index is 0.00000176. The lowest BCUT2D eigenvalue weighted by Gasteiger charge is -2.40. The third kappa shape index (κ3) is 6.01. The van der Waals surface area contributed by atoms with Crippen LogP contribution in [0.5, 0.6) is 0 Å². The number of imidazole rings is 1. The number of amides is 1. The highest BCUT2D eigenvalue weighted by molar-refractivity contribution is 5.83. The fraction of sp³-hybridized carbons (Fsp3) is 0.560. The number of hydrogen-bond donors (Lipinski definition) is 2. The molecular weight excluding hydrogens is 474 g/mol. The van der Waals surface area contributed by atoms with Crippen molar-refractivity contribution >= 4 is 12.1 Å². The first kappa shape index (κ1) is 27.5. The van der Waals surface area contributed by atoms with Gasteiger partial charge in [0.2, 0.25) is 5.82 Å². The quantitative estimate of drug-likeness (QED) is 0.639. The molecule has 1 aromatic carbocycles. The fourth-order valence-corrected chi connectivity index (χ4v) is 4.51. The van der Waals surface area contributed by atoms with E-state index in [1.165, 1.54) is 0 Å². The fourth-order valence-electron chi connectivity index (χ4n) is 4.51. The summed E-state index contributed by atoms with van der Waals surface area (Å²) in [5, 5.41) is 12.1. The maximum absolute atomic E-state index is 14.6. The van der Waals surface area contributed by atoms with Gasteiger partial charge in [0.25, 0.3) is 0 Å². The Morgan fingerprint density at radius 1 is 1.22 bits per heavy atom. The van der Waals surface area contributed by atoms with Crippen LogP contribution < -0.4 is 5.32 Å². The van der Waals surface area contributed by atoms with Gasteiger partial charge in [-0.05, 0) is 45.4 Å². The number of nitrogens with one attached hydrogen (secondary N) is 1. The molecule has 2 aliphatic heterocycles. The predicted octanol–water partition coefficient (Wildman–Crippen LogP) is 4.16. The third-order valence-corrected chi connectivity index (χ3v) is 6.04. The molecule has 3 heterocycles. The number of rotatable bonds is 4. The molecule has 2 aliphatic rings. The molecule has 2 unspecified atom stereocenters. The van der Waals surface area contributed by atoms with E-state index in [2.05, 4.69) is 15.2 Å². The van der Waals surface area contributed by atoms with Crippen LogP contribution in [-0.2, 0) is 29.6 Å². The van der Waals surface area contributed by atoms with Crippen molar-refractivity contribution in [3.8, 4) is 0 Å². The maximum Gasteiger partial charge on any atom is 0.407 e. The summed E-state index contributed by atoms with van der Waals surface area (Å²) in [6.45, 7) is 10.3. The summed E-state index contributed by atoms with van der Waals surface area (Å²) >= 11 is 0. The molecule has 4 rings (SSSR count). The number of nitrogens with zero attached hydrogens (tertiary/aromatic N) is 3. The molecule has 1 amide bonds. The molecule has 0 saturated carbocycles. The molecule has 1 saturated heterocycles.